The van der Waals surface area contributed by atoms with E-state index in [0.29, 0.717) is 12.5 Å². The van der Waals surface area contributed by atoms with Crippen LogP contribution in [0.1, 0.15) is 51.7 Å². The van der Waals surface area contributed by atoms with Gasteiger partial charge in [-0.05, 0) is 64.3 Å². The molecule has 6 nitrogen and oxygen atoms in total. The molecule has 0 aliphatic carbocycles. The molecule has 1 unspecified atom stereocenters. The number of rotatable bonds is 6. The lowest BCUT2D eigenvalue weighted by Gasteiger charge is -2.23. The molecular weight excluding hydrogens is 443 g/mol. The van der Waals surface area contributed by atoms with Gasteiger partial charge >= 0.3 is 6.09 Å². The van der Waals surface area contributed by atoms with Gasteiger partial charge in [0.05, 0.1) is 12.6 Å². The molecule has 0 aliphatic heterocycles. The number of ether oxygens (including phenoxy) is 1. The number of benzene rings is 1. The van der Waals surface area contributed by atoms with Crippen LogP contribution in [0, 0.1) is 13.8 Å². The monoisotopic (exact) mass is 476 g/mol. The molecule has 0 heterocycles. The van der Waals surface area contributed by atoms with E-state index in [4.69, 9.17) is 10.5 Å². The van der Waals surface area contributed by atoms with Gasteiger partial charge in [0.25, 0.3) is 0 Å². The number of halogens is 1. The van der Waals surface area contributed by atoms with Crippen molar-refractivity contribution >= 4 is 41.7 Å². The van der Waals surface area contributed by atoms with Crippen LogP contribution in [-0.2, 0) is 4.74 Å². The zero-order valence-electron chi connectivity index (χ0n) is 16.7. The molecule has 4 N–H and O–H groups in total. The number of hydrogen-bond acceptors (Lipinski definition) is 3. The Morgan fingerprint density at radius 1 is 1.23 bits per heavy atom. The number of hydrogen-bond donors (Lipinski definition) is 3. The fourth-order valence-corrected chi connectivity index (χ4v) is 2.47. The molecule has 0 aliphatic rings. The minimum absolute atomic E-state index is 0. The number of amides is 1. The molecule has 0 radical (unpaired) electrons. The number of carbonyl (C=O) groups is 1. The molecule has 1 aromatic carbocycles. The first kappa shape index (κ1) is 24.5. The summed E-state index contributed by atoms with van der Waals surface area (Å²) in [5.41, 5.74) is 8.68. The lowest BCUT2D eigenvalue weighted by atomic mass is 10.1. The first-order valence-corrected chi connectivity index (χ1v) is 8.74. The molecule has 1 amide bonds. The molecule has 1 atom stereocenters. The highest BCUT2D eigenvalue weighted by molar-refractivity contribution is 14.0. The van der Waals surface area contributed by atoms with Crippen LogP contribution in [0.3, 0.4) is 0 Å². The van der Waals surface area contributed by atoms with Crippen LogP contribution in [0.15, 0.2) is 23.2 Å². The van der Waals surface area contributed by atoms with Gasteiger partial charge < -0.3 is 21.1 Å². The third-order valence-electron chi connectivity index (χ3n) is 3.33. The van der Waals surface area contributed by atoms with Crippen LogP contribution in [0.4, 0.5) is 10.5 Å². The number of alkyl carbamates (subject to hydrolysis) is 1. The first-order valence-electron chi connectivity index (χ1n) is 8.74. The molecule has 0 fully saturated rings. The van der Waals surface area contributed by atoms with Crippen LogP contribution in [0.25, 0.3) is 0 Å². The number of nitrogens with one attached hydrogen (secondary N) is 2. The summed E-state index contributed by atoms with van der Waals surface area (Å²) < 4.78 is 5.30. The SMILES string of the molecule is CCCC(CN=C(N)Nc1cc(C)cc(C)c1)NC(=O)OC(C)(C)C.I. The molecule has 1 rings (SSSR count). The standard InChI is InChI=1S/C19H32N4O2.HI/c1-7-8-15(23-18(24)25-19(4,5)6)12-21-17(20)22-16-10-13(2)9-14(3)11-16;/h9-11,15H,7-8,12H2,1-6H3,(H,23,24)(H3,20,21,22);1H. The number of anilines is 1. The Kier molecular flexibility index (Phi) is 10.6. The van der Waals surface area contributed by atoms with Crippen molar-refractivity contribution in [3.63, 3.8) is 0 Å². The van der Waals surface area contributed by atoms with Crippen molar-refractivity contribution in [2.75, 3.05) is 11.9 Å². The number of aliphatic imine (C=N–C) groups is 1. The average Bonchev–Trinajstić information content (AvgIpc) is 2.41. The van der Waals surface area contributed by atoms with Crippen LogP contribution in [-0.4, -0.2) is 30.2 Å². The zero-order valence-corrected chi connectivity index (χ0v) is 19.0. The van der Waals surface area contributed by atoms with E-state index in [9.17, 15) is 4.79 Å². The van der Waals surface area contributed by atoms with Crippen molar-refractivity contribution in [2.45, 2.75) is 66.0 Å². The summed E-state index contributed by atoms with van der Waals surface area (Å²) in [5, 5.41) is 5.96. The fraction of sp³-hybridized carbons (Fsp3) is 0.579. The molecule has 0 bridgehead atoms. The zero-order chi connectivity index (χ0) is 19.0. The molecule has 148 valence electrons. The second-order valence-corrected chi connectivity index (χ2v) is 7.36. The van der Waals surface area contributed by atoms with E-state index in [1.165, 1.54) is 0 Å². The van der Waals surface area contributed by atoms with Crippen molar-refractivity contribution in [1.29, 1.82) is 0 Å². The predicted octanol–water partition coefficient (Wildman–Crippen LogP) is 4.34. The normalized spacial score (nSPS) is 12.8. The summed E-state index contributed by atoms with van der Waals surface area (Å²) in [6.45, 7) is 12.0. The maximum atomic E-state index is 11.9. The number of guanidine groups is 1. The van der Waals surface area contributed by atoms with Crippen molar-refractivity contribution in [2.24, 2.45) is 10.7 Å². The van der Waals surface area contributed by atoms with Gasteiger partial charge in [0.15, 0.2) is 5.96 Å². The van der Waals surface area contributed by atoms with E-state index in [0.717, 1.165) is 29.7 Å². The number of nitrogens with two attached hydrogens (primary N) is 1. The van der Waals surface area contributed by atoms with Gasteiger partial charge in [-0.1, -0.05) is 19.4 Å². The predicted molar refractivity (Wildman–Crippen MR) is 120 cm³/mol. The van der Waals surface area contributed by atoms with Crippen LogP contribution in [0.5, 0.6) is 0 Å². The number of aryl methyl sites for hydroxylation is 2. The Bertz CT molecular complexity index is 592. The topological polar surface area (TPSA) is 88.7 Å². The van der Waals surface area contributed by atoms with Gasteiger partial charge in [0.2, 0.25) is 0 Å². The smallest absolute Gasteiger partial charge is 0.407 e. The minimum atomic E-state index is -0.520. The Balaban J connectivity index is 0.00000625. The first-order chi connectivity index (χ1) is 11.6. The van der Waals surface area contributed by atoms with Crippen molar-refractivity contribution < 1.29 is 9.53 Å². The number of nitrogens with zero attached hydrogens (tertiary/aromatic N) is 1. The Morgan fingerprint density at radius 2 is 1.81 bits per heavy atom. The molecule has 0 saturated heterocycles. The molecule has 7 heteroatoms. The highest BCUT2D eigenvalue weighted by Crippen LogP contribution is 2.13. The molecule has 0 aromatic heterocycles. The lowest BCUT2D eigenvalue weighted by molar-refractivity contribution is 0.0503. The van der Waals surface area contributed by atoms with Gasteiger partial charge in [-0.15, -0.1) is 24.0 Å². The Labute approximate surface area is 174 Å². The third kappa shape index (κ3) is 10.5. The van der Waals surface area contributed by atoms with Gasteiger partial charge in [0.1, 0.15) is 5.60 Å². The van der Waals surface area contributed by atoms with Crippen molar-refractivity contribution in [3.05, 3.63) is 29.3 Å². The van der Waals surface area contributed by atoms with Gasteiger partial charge in [0, 0.05) is 5.69 Å². The summed E-state index contributed by atoms with van der Waals surface area (Å²) in [6, 6.07) is 6.01. The second kappa shape index (κ2) is 11.3. The van der Waals surface area contributed by atoms with E-state index in [1.54, 1.807) is 0 Å². The highest BCUT2D eigenvalue weighted by atomic mass is 127. The van der Waals surface area contributed by atoms with Gasteiger partial charge in [-0.3, -0.25) is 4.99 Å². The Morgan fingerprint density at radius 3 is 2.31 bits per heavy atom. The van der Waals surface area contributed by atoms with Crippen molar-refractivity contribution in [1.82, 2.24) is 5.32 Å². The minimum Gasteiger partial charge on any atom is -0.444 e. The average molecular weight is 476 g/mol. The summed E-state index contributed by atoms with van der Waals surface area (Å²) in [6.07, 6.45) is 1.31. The van der Waals surface area contributed by atoms with E-state index in [-0.39, 0.29) is 30.0 Å². The van der Waals surface area contributed by atoms with Crippen LogP contribution in [0.2, 0.25) is 0 Å². The Hall–Kier alpha value is -1.51. The van der Waals surface area contributed by atoms with Crippen LogP contribution < -0.4 is 16.4 Å². The fourth-order valence-electron chi connectivity index (χ4n) is 2.47. The van der Waals surface area contributed by atoms with E-state index < -0.39 is 11.7 Å². The van der Waals surface area contributed by atoms with Crippen molar-refractivity contribution in [3.8, 4) is 0 Å². The summed E-state index contributed by atoms with van der Waals surface area (Å²) in [7, 11) is 0. The second-order valence-electron chi connectivity index (χ2n) is 7.36. The quantitative estimate of drug-likeness (QED) is 0.324. The highest BCUT2D eigenvalue weighted by Gasteiger charge is 2.19. The van der Waals surface area contributed by atoms with E-state index >= 15 is 0 Å². The molecule has 0 spiro atoms. The van der Waals surface area contributed by atoms with Crippen LogP contribution >= 0.6 is 24.0 Å². The lowest BCUT2D eigenvalue weighted by Crippen LogP contribution is -2.41. The maximum absolute atomic E-state index is 11.9. The molecule has 1 aromatic rings. The summed E-state index contributed by atoms with van der Waals surface area (Å²) in [4.78, 5) is 16.3. The largest absolute Gasteiger partial charge is 0.444 e. The maximum Gasteiger partial charge on any atom is 0.407 e. The number of carbonyl (C=O) groups excluding carboxylic acids is 1. The summed E-state index contributed by atoms with van der Waals surface area (Å²) >= 11 is 0. The molecule has 26 heavy (non-hydrogen) atoms. The third-order valence-corrected chi connectivity index (χ3v) is 3.33. The van der Waals surface area contributed by atoms with Gasteiger partial charge in [-0.2, -0.15) is 0 Å². The van der Waals surface area contributed by atoms with Gasteiger partial charge in [-0.25, -0.2) is 4.79 Å². The molecular formula is C19H33IN4O2. The van der Waals surface area contributed by atoms with E-state index in [2.05, 4.69) is 28.6 Å². The molecule has 0 saturated carbocycles. The van der Waals surface area contributed by atoms with E-state index in [1.807, 2.05) is 46.8 Å². The summed E-state index contributed by atoms with van der Waals surface area (Å²) in [5.74, 6) is 0.331.